The molecular formula is C10H18N4. The Kier molecular flexibility index (Phi) is 2.84. The molecule has 0 unspecified atom stereocenters. The average Bonchev–Trinajstić information content (AvgIpc) is 2.75. The second kappa shape index (κ2) is 4.11. The lowest BCUT2D eigenvalue weighted by Gasteiger charge is -2.17. The Morgan fingerprint density at radius 1 is 1.57 bits per heavy atom. The molecule has 0 radical (unpaired) electrons. The van der Waals surface area contributed by atoms with Crippen molar-refractivity contribution in [3.8, 4) is 0 Å². The molecule has 2 rings (SSSR count). The van der Waals surface area contributed by atoms with Gasteiger partial charge in [0, 0.05) is 25.3 Å². The van der Waals surface area contributed by atoms with Crippen LogP contribution in [0.1, 0.15) is 32.0 Å². The molecule has 1 N–H and O–H groups in total. The fourth-order valence-electron chi connectivity index (χ4n) is 1.84. The van der Waals surface area contributed by atoms with Crippen LogP contribution in [0.25, 0.3) is 0 Å². The van der Waals surface area contributed by atoms with Crippen LogP contribution in [0.4, 0.5) is 0 Å². The summed E-state index contributed by atoms with van der Waals surface area (Å²) >= 11 is 0. The summed E-state index contributed by atoms with van der Waals surface area (Å²) < 4.78 is 2.22. The molecule has 0 aromatic carbocycles. The molecule has 0 atom stereocenters. The molecule has 0 bridgehead atoms. The summed E-state index contributed by atoms with van der Waals surface area (Å²) in [6.07, 6.45) is 5.12. The summed E-state index contributed by atoms with van der Waals surface area (Å²) in [7, 11) is 0. The smallest absolute Gasteiger partial charge is 0.0951 e. The third-order valence-corrected chi connectivity index (χ3v) is 2.60. The van der Waals surface area contributed by atoms with Crippen molar-refractivity contribution in [3.05, 3.63) is 18.2 Å². The minimum atomic E-state index is 0.495. The van der Waals surface area contributed by atoms with Crippen molar-refractivity contribution < 1.29 is 0 Å². The van der Waals surface area contributed by atoms with Crippen LogP contribution < -0.4 is 5.43 Å². The SMILES string of the molecule is CC(C)n1cncc1CN1CCCN1. The minimum Gasteiger partial charge on any atom is -0.331 e. The first-order chi connectivity index (χ1) is 6.77. The van der Waals surface area contributed by atoms with Gasteiger partial charge in [-0.1, -0.05) is 0 Å². The Hall–Kier alpha value is -0.870. The van der Waals surface area contributed by atoms with Crippen molar-refractivity contribution in [2.45, 2.75) is 32.9 Å². The number of imidazole rings is 1. The third-order valence-electron chi connectivity index (χ3n) is 2.60. The lowest BCUT2D eigenvalue weighted by molar-refractivity contribution is 0.236. The Morgan fingerprint density at radius 2 is 2.43 bits per heavy atom. The van der Waals surface area contributed by atoms with Crippen LogP contribution >= 0.6 is 0 Å². The van der Waals surface area contributed by atoms with Gasteiger partial charge in [-0.05, 0) is 20.3 Å². The van der Waals surface area contributed by atoms with Gasteiger partial charge < -0.3 is 4.57 Å². The highest BCUT2D eigenvalue weighted by molar-refractivity contribution is 4.99. The summed E-state index contributed by atoms with van der Waals surface area (Å²) in [4.78, 5) is 4.19. The average molecular weight is 194 g/mol. The molecule has 4 heteroatoms. The van der Waals surface area contributed by atoms with Gasteiger partial charge in [0.1, 0.15) is 0 Å². The molecule has 0 spiro atoms. The first-order valence-electron chi connectivity index (χ1n) is 5.26. The predicted molar refractivity (Wildman–Crippen MR) is 55.6 cm³/mol. The van der Waals surface area contributed by atoms with E-state index >= 15 is 0 Å². The Morgan fingerprint density at radius 3 is 3.07 bits per heavy atom. The van der Waals surface area contributed by atoms with Gasteiger partial charge in [-0.2, -0.15) is 0 Å². The van der Waals surface area contributed by atoms with E-state index < -0.39 is 0 Å². The summed E-state index contributed by atoms with van der Waals surface area (Å²) in [5.74, 6) is 0. The van der Waals surface area contributed by atoms with Gasteiger partial charge >= 0.3 is 0 Å². The standard InChI is InChI=1S/C10H18N4/c1-9(2)14-8-11-6-10(14)7-13-5-3-4-12-13/h6,8-9,12H,3-5,7H2,1-2H3. The zero-order valence-corrected chi connectivity index (χ0v) is 8.90. The molecule has 2 heterocycles. The summed E-state index contributed by atoms with van der Waals surface area (Å²) in [5.41, 5.74) is 4.64. The molecule has 4 nitrogen and oxygen atoms in total. The number of rotatable bonds is 3. The molecule has 14 heavy (non-hydrogen) atoms. The molecule has 1 aromatic rings. The van der Waals surface area contributed by atoms with Crippen LogP contribution in [0.3, 0.4) is 0 Å². The predicted octanol–water partition coefficient (Wildman–Crippen LogP) is 1.17. The number of hydrogen-bond acceptors (Lipinski definition) is 3. The first-order valence-corrected chi connectivity index (χ1v) is 5.26. The van der Waals surface area contributed by atoms with Gasteiger partial charge in [-0.25, -0.2) is 9.99 Å². The molecule has 1 saturated heterocycles. The molecule has 78 valence electrons. The summed E-state index contributed by atoms with van der Waals surface area (Å²) in [6.45, 7) is 7.57. The number of nitrogens with zero attached hydrogens (tertiary/aromatic N) is 3. The Balaban J connectivity index is 2.04. The van der Waals surface area contributed by atoms with Crippen molar-refractivity contribution in [1.82, 2.24) is 20.0 Å². The highest BCUT2D eigenvalue weighted by Gasteiger charge is 2.13. The lowest BCUT2D eigenvalue weighted by atomic mass is 10.3. The maximum atomic E-state index is 4.19. The van der Waals surface area contributed by atoms with Crippen LogP contribution in [0, 0.1) is 0 Å². The number of hydrogen-bond donors (Lipinski definition) is 1. The maximum absolute atomic E-state index is 4.19. The van der Waals surface area contributed by atoms with E-state index in [4.69, 9.17) is 0 Å². The lowest BCUT2D eigenvalue weighted by Crippen LogP contribution is -2.31. The fourth-order valence-corrected chi connectivity index (χ4v) is 1.84. The van der Waals surface area contributed by atoms with E-state index in [-0.39, 0.29) is 0 Å². The molecule has 1 aliphatic heterocycles. The molecule has 1 aromatic heterocycles. The van der Waals surface area contributed by atoms with Crippen LogP contribution in [0.15, 0.2) is 12.5 Å². The van der Waals surface area contributed by atoms with Crippen molar-refractivity contribution >= 4 is 0 Å². The topological polar surface area (TPSA) is 33.1 Å². The highest BCUT2D eigenvalue weighted by Crippen LogP contribution is 2.11. The largest absolute Gasteiger partial charge is 0.331 e. The monoisotopic (exact) mass is 194 g/mol. The van der Waals surface area contributed by atoms with Crippen LogP contribution in [0.5, 0.6) is 0 Å². The van der Waals surface area contributed by atoms with Gasteiger partial charge in [0.2, 0.25) is 0 Å². The zero-order valence-electron chi connectivity index (χ0n) is 8.90. The molecule has 1 fully saturated rings. The van der Waals surface area contributed by atoms with Gasteiger partial charge in [-0.3, -0.25) is 5.43 Å². The normalized spacial score (nSPS) is 18.2. The summed E-state index contributed by atoms with van der Waals surface area (Å²) in [6, 6.07) is 0.495. The van der Waals surface area contributed by atoms with Crippen molar-refractivity contribution in [2.24, 2.45) is 0 Å². The van der Waals surface area contributed by atoms with E-state index in [9.17, 15) is 0 Å². The number of hydrazine groups is 1. The second-order valence-electron chi connectivity index (χ2n) is 4.07. The van der Waals surface area contributed by atoms with Crippen LogP contribution in [0.2, 0.25) is 0 Å². The van der Waals surface area contributed by atoms with Crippen molar-refractivity contribution in [2.75, 3.05) is 13.1 Å². The Labute approximate surface area is 84.9 Å². The van der Waals surface area contributed by atoms with Crippen LogP contribution in [-0.2, 0) is 6.54 Å². The molecule has 0 saturated carbocycles. The van der Waals surface area contributed by atoms with E-state index in [1.807, 2.05) is 12.5 Å². The Bertz CT molecular complexity index is 286. The van der Waals surface area contributed by atoms with Crippen molar-refractivity contribution in [3.63, 3.8) is 0 Å². The van der Waals surface area contributed by atoms with Crippen LogP contribution in [-0.4, -0.2) is 27.6 Å². The maximum Gasteiger partial charge on any atom is 0.0951 e. The second-order valence-corrected chi connectivity index (χ2v) is 4.07. The first kappa shape index (κ1) is 9.68. The van der Waals surface area contributed by atoms with Gasteiger partial charge in [-0.15, -0.1) is 0 Å². The van der Waals surface area contributed by atoms with E-state index in [1.54, 1.807) is 0 Å². The highest BCUT2D eigenvalue weighted by atomic mass is 15.5. The number of nitrogens with one attached hydrogen (secondary N) is 1. The third kappa shape index (κ3) is 1.96. The molecule has 0 amide bonds. The molecular weight excluding hydrogens is 176 g/mol. The zero-order chi connectivity index (χ0) is 9.97. The van der Waals surface area contributed by atoms with E-state index in [1.165, 1.54) is 12.1 Å². The molecule has 0 aliphatic carbocycles. The summed E-state index contributed by atoms with van der Waals surface area (Å²) in [5, 5.41) is 2.26. The number of aromatic nitrogens is 2. The van der Waals surface area contributed by atoms with E-state index in [2.05, 4.69) is 33.8 Å². The quantitative estimate of drug-likeness (QED) is 0.784. The molecule has 1 aliphatic rings. The van der Waals surface area contributed by atoms with Gasteiger partial charge in [0.15, 0.2) is 0 Å². The van der Waals surface area contributed by atoms with Crippen molar-refractivity contribution in [1.29, 1.82) is 0 Å². The van der Waals surface area contributed by atoms with Gasteiger partial charge in [0.25, 0.3) is 0 Å². The van der Waals surface area contributed by atoms with E-state index in [0.29, 0.717) is 6.04 Å². The van der Waals surface area contributed by atoms with E-state index in [0.717, 1.165) is 19.6 Å². The fraction of sp³-hybridized carbons (Fsp3) is 0.700. The minimum absolute atomic E-state index is 0.495. The van der Waals surface area contributed by atoms with Gasteiger partial charge in [0.05, 0.1) is 18.6 Å².